The van der Waals surface area contributed by atoms with Crippen molar-refractivity contribution in [1.29, 1.82) is 0 Å². The number of carbonyl (C=O) groups is 1. The lowest BCUT2D eigenvalue weighted by atomic mass is 10.1. The second kappa shape index (κ2) is 4.25. The normalized spacial score (nSPS) is 10.2. The first-order chi connectivity index (χ1) is 8.11. The molecule has 1 N–H and O–H groups in total. The maximum atomic E-state index is 13.0. The molecule has 0 saturated heterocycles. The number of ether oxygens (including phenoxy) is 1. The summed E-state index contributed by atoms with van der Waals surface area (Å²) in [5, 5.41) is 12.1. The predicted octanol–water partition coefficient (Wildman–Crippen LogP) is 2.19. The van der Waals surface area contributed by atoms with Gasteiger partial charge in [0.1, 0.15) is 11.6 Å². The molecule has 0 spiro atoms. The molecule has 1 aromatic heterocycles. The van der Waals surface area contributed by atoms with Gasteiger partial charge in [-0.2, -0.15) is 0 Å². The van der Waals surface area contributed by atoms with Gasteiger partial charge in [0.05, 0.1) is 12.7 Å². The van der Waals surface area contributed by atoms with E-state index in [1.807, 2.05) is 0 Å². The molecule has 1 heterocycles. The summed E-state index contributed by atoms with van der Waals surface area (Å²) in [6.45, 7) is 0. The summed E-state index contributed by atoms with van der Waals surface area (Å²) < 4.78 is 22.8. The van der Waals surface area contributed by atoms with Crippen LogP contribution in [-0.2, 0) is 0 Å². The number of carboxylic acid groups (broad SMARTS) is 1. The highest BCUT2D eigenvalue weighted by Crippen LogP contribution is 2.30. The molecule has 0 aliphatic heterocycles. The van der Waals surface area contributed by atoms with Crippen molar-refractivity contribution in [2.45, 2.75) is 0 Å². The number of nitrogens with zero attached hydrogens (tertiary/aromatic N) is 1. The van der Waals surface area contributed by atoms with E-state index in [0.29, 0.717) is 5.56 Å². The first-order valence-corrected chi connectivity index (χ1v) is 4.65. The van der Waals surface area contributed by atoms with Crippen molar-refractivity contribution in [3.63, 3.8) is 0 Å². The van der Waals surface area contributed by atoms with E-state index >= 15 is 0 Å². The van der Waals surface area contributed by atoms with Gasteiger partial charge in [-0.3, -0.25) is 0 Å². The summed E-state index contributed by atoms with van der Waals surface area (Å²) in [4.78, 5) is 10.6. The van der Waals surface area contributed by atoms with Crippen molar-refractivity contribution in [3.8, 4) is 17.1 Å². The van der Waals surface area contributed by atoms with Gasteiger partial charge >= 0.3 is 5.97 Å². The van der Waals surface area contributed by atoms with E-state index in [9.17, 15) is 9.18 Å². The minimum absolute atomic E-state index is 0.208. The van der Waals surface area contributed by atoms with Crippen LogP contribution in [0.2, 0.25) is 0 Å². The molecule has 1 aromatic carbocycles. The van der Waals surface area contributed by atoms with Crippen molar-refractivity contribution < 1.29 is 23.6 Å². The van der Waals surface area contributed by atoms with Crippen LogP contribution in [0, 0.1) is 5.82 Å². The lowest BCUT2D eigenvalue weighted by Gasteiger charge is -2.04. The van der Waals surface area contributed by atoms with E-state index in [4.69, 9.17) is 14.4 Å². The Morgan fingerprint density at radius 2 is 2.24 bits per heavy atom. The number of aromatic nitrogens is 1. The third-order valence-corrected chi connectivity index (χ3v) is 2.16. The van der Waals surface area contributed by atoms with E-state index in [-0.39, 0.29) is 17.2 Å². The number of hydrogen-bond donors (Lipinski definition) is 1. The summed E-state index contributed by atoms with van der Waals surface area (Å²) in [6.07, 6.45) is 0. The molecular formula is C11H8FNO4. The van der Waals surface area contributed by atoms with Gasteiger partial charge in [0, 0.05) is 12.1 Å². The van der Waals surface area contributed by atoms with Crippen molar-refractivity contribution in [2.75, 3.05) is 7.11 Å². The van der Waals surface area contributed by atoms with E-state index in [0.717, 1.165) is 0 Å². The van der Waals surface area contributed by atoms with Crippen LogP contribution >= 0.6 is 0 Å². The minimum Gasteiger partial charge on any atom is -0.496 e. The molecule has 0 unspecified atom stereocenters. The van der Waals surface area contributed by atoms with Crippen LogP contribution in [0.5, 0.6) is 5.75 Å². The maximum absolute atomic E-state index is 13.0. The third-order valence-electron chi connectivity index (χ3n) is 2.16. The number of methoxy groups -OCH3 is 1. The van der Waals surface area contributed by atoms with Crippen LogP contribution in [0.1, 0.15) is 10.5 Å². The van der Waals surface area contributed by atoms with E-state index in [1.54, 1.807) is 0 Å². The van der Waals surface area contributed by atoms with Gasteiger partial charge in [0.15, 0.2) is 11.5 Å². The Hall–Kier alpha value is -2.37. The van der Waals surface area contributed by atoms with Crippen LogP contribution in [-0.4, -0.2) is 23.3 Å². The van der Waals surface area contributed by atoms with Crippen molar-refractivity contribution in [3.05, 3.63) is 35.8 Å². The van der Waals surface area contributed by atoms with Crippen LogP contribution in [0.3, 0.4) is 0 Å². The van der Waals surface area contributed by atoms with Gasteiger partial charge in [-0.1, -0.05) is 5.16 Å². The lowest BCUT2D eigenvalue weighted by molar-refractivity contribution is 0.0686. The first kappa shape index (κ1) is 11.1. The average Bonchev–Trinajstić information content (AvgIpc) is 2.78. The van der Waals surface area contributed by atoms with Gasteiger partial charge in [-0.15, -0.1) is 0 Å². The topological polar surface area (TPSA) is 72.6 Å². The van der Waals surface area contributed by atoms with E-state index in [1.165, 1.54) is 31.4 Å². The van der Waals surface area contributed by atoms with Crippen molar-refractivity contribution >= 4 is 5.97 Å². The van der Waals surface area contributed by atoms with E-state index < -0.39 is 11.8 Å². The molecule has 6 heteroatoms. The van der Waals surface area contributed by atoms with Gasteiger partial charge in [0.2, 0.25) is 0 Å². The molecule has 0 aliphatic rings. The summed E-state index contributed by atoms with van der Waals surface area (Å²) in [5.41, 5.74) is 0.222. The molecule has 0 amide bonds. The number of hydrogen-bond acceptors (Lipinski definition) is 4. The highest BCUT2D eigenvalue weighted by Gasteiger charge is 2.15. The zero-order valence-electron chi connectivity index (χ0n) is 8.81. The fourth-order valence-corrected chi connectivity index (χ4v) is 1.37. The molecule has 0 atom stereocenters. The third kappa shape index (κ3) is 2.10. The highest BCUT2D eigenvalue weighted by molar-refractivity contribution is 5.86. The standard InChI is InChI=1S/C11H8FNO4/c1-16-9-4-6(12)2-3-7(9)10-5-8(11(14)15)13-17-10/h2-5H,1H3,(H,14,15). The minimum atomic E-state index is -1.19. The van der Waals surface area contributed by atoms with Crippen LogP contribution in [0.4, 0.5) is 4.39 Å². The zero-order valence-corrected chi connectivity index (χ0v) is 8.81. The fourth-order valence-electron chi connectivity index (χ4n) is 1.37. The monoisotopic (exact) mass is 237 g/mol. The van der Waals surface area contributed by atoms with Crippen LogP contribution < -0.4 is 4.74 Å². The smallest absolute Gasteiger partial charge is 0.358 e. The molecule has 2 rings (SSSR count). The largest absolute Gasteiger partial charge is 0.496 e. The molecule has 2 aromatic rings. The summed E-state index contributed by atoms with van der Waals surface area (Å²) in [7, 11) is 1.38. The Morgan fingerprint density at radius 3 is 2.82 bits per heavy atom. The molecule has 0 bridgehead atoms. The average molecular weight is 237 g/mol. The van der Waals surface area contributed by atoms with Gasteiger partial charge < -0.3 is 14.4 Å². The second-order valence-corrected chi connectivity index (χ2v) is 3.23. The van der Waals surface area contributed by atoms with Crippen LogP contribution in [0.15, 0.2) is 28.8 Å². The molecule has 0 fully saturated rings. The molecule has 0 aliphatic carbocycles. The molecule has 0 saturated carbocycles. The van der Waals surface area contributed by atoms with Gasteiger partial charge in [-0.25, -0.2) is 9.18 Å². The number of halogens is 1. The second-order valence-electron chi connectivity index (χ2n) is 3.23. The first-order valence-electron chi connectivity index (χ1n) is 4.65. The van der Waals surface area contributed by atoms with E-state index in [2.05, 4.69) is 5.16 Å². The number of aromatic carboxylic acids is 1. The number of carboxylic acids is 1. The summed E-state index contributed by atoms with van der Waals surface area (Å²) in [5.74, 6) is -1.19. The van der Waals surface area contributed by atoms with Gasteiger partial charge in [0.25, 0.3) is 0 Å². The number of rotatable bonds is 3. The molecule has 17 heavy (non-hydrogen) atoms. The number of benzene rings is 1. The Labute approximate surface area is 95.4 Å². The Bertz CT molecular complexity index is 564. The lowest BCUT2D eigenvalue weighted by Crippen LogP contribution is -1.94. The van der Waals surface area contributed by atoms with Gasteiger partial charge in [-0.05, 0) is 12.1 Å². The molecule has 0 radical (unpaired) electrons. The summed E-state index contributed by atoms with van der Waals surface area (Å²) in [6, 6.07) is 5.08. The fraction of sp³-hybridized carbons (Fsp3) is 0.0909. The molecule has 5 nitrogen and oxygen atoms in total. The Balaban J connectivity index is 2.48. The van der Waals surface area contributed by atoms with Crippen LogP contribution in [0.25, 0.3) is 11.3 Å². The molecular weight excluding hydrogens is 229 g/mol. The zero-order chi connectivity index (χ0) is 12.4. The highest BCUT2D eigenvalue weighted by atomic mass is 19.1. The SMILES string of the molecule is COc1cc(F)ccc1-c1cc(C(=O)O)no1. The quantitative estimate of drug-likeness (QED) is 0.885. The molecule has 88 valence electrons. The predicted molar refractivity (Wildman–Crippen MR) is 55.4 cm³/mol. The van der Waals surface area contributed by atoms with Crippen molar-refractivity contribution in [1.82, 2.24) is 5.16 Å². The maximum Gasteiger partial charge on any atom is 0.358 e. The Morgan fingerprint density at radius 1 is 1.47 bits per heavy atom. The summed E-state index contributed by atoms with van der Waals surface area (Å²) >= 11 is 0. The Kier molecular flexibility index (Phi) is 2.78. The van der Waals surface area contributed by atoms with Crippen molar-refractivity contribution in [2.24, 2.45) is 0 Å².